The molecule has 0 aliphatic carbocycles. The molecule has 3 N–H and O–H groups in total. The maximum atomic E-state index is 13.5. The van der Waals surface area contributed by atoms with Crippen LogP contribution in [0.1, 0.15) is 24.2 Å². The van der Waals surface area contributed by atoms with E-state index in [2.05, 4.69) is 10.6 Å². The van der Waals surface area contributed by atoms with Crippen molar-refractivity contribution in [2.45, 2.75) is 20.0 Å². The molecule has 0 unspecified atom stereocenters. The number of carbonyl (C=O) groups excluding carboxylic acids is 1. The number of halogens is 1. The Labute approximate surface area is 115 Å². The summed E-state index contributed by atoms with van der Waals surface area (Å²) in [7, 11) is 0. The van der Waals surface area contributed by atoms with Crippen LogP contribution in [0.25, 0.3) is 0 Å². The van der Waals surface area contributed by atoms with E-state index in [9.17, 15) is 14.0 Å². The van der Waals surface area contributed by atoms with Crippen molar-refractivity contribution in [3.63, 3.8) is 0 Å². The number of hydrogen-bond donors (Lipinski definition) is 3. The SMILES string of the molecule is CC(C)OCCNC(=O)Nc1c(F)cccc1C(=O)O. The minimum atomic E-state index is -1.32. The molecule has 110 valence electrons. The number of aromatic carboxylic acids is 1. The number of carbonyl (C=O) groups is 2. The highest BCUT2D eigenvalue weighted by atomic mass is 19.1. The van der Waals surface area contributed by atoms with Crippen molar-refractivity contribution in [2.24, 2.45) is 0 Å². The predicted octanol–water partition coefficient (Wildman–Crippen LogP) is 2.07. The zero-order chi connectivity index (χ0) is 15.1. The van der Waals surface area contributed by atoms with E-state index in [-0.39, 0.29) is 23.9 Å². The van der Waals surface area contributed by atoms with Crippen molar-refractivity contribution in [3.8, 4) is 0 Å². The van der Waals surface area contributed by atoms with Gasteiger partial charge in [0, 0.05) is 6.54 Å². The molecule has 2 amide bonds. The van der Waals surface area contributed by atoms with Gasteiger partial charge >= 0.3 is 12.0 Å². The number of nitrogens with one attached hydrogen (secondary N) is 2. The Kier molecular flexibility index (Phi) is 5.92. The lowest BCUT2D eigenvalue weighted by atomic mass is 10.1. The Morgan fingerprint density at radius 1 is 1.40 bits per heavy atom. The Morgan fingerprint density at radius 3 is 2.70 bits per heavy atom. The average molecular weight is 284 g/mol. The van der Waals surface area contributed by atoms with Gasteiger partial charge in [-0.1, -0.05) is 6.07 Å². The number of amides is 2. The highest BCUT2D eigenvalue weighted by Crippen LogP contribution is 2.19. The fourth-order valence-electron chi connectivity index (χ4n) is 1.45. The average Bonchev–Trinajstić information content (AvgIpc) is 2.36. The Bertz CT molecular complexity index is 491. The lowest BCUT2D eigenvalue weighted by molar-refractivity contribution is 0.0697. The van der Waals surface area contributed by atoms with Crippen LogP contribution in [-0.2, 0) is 4.74 Å². The fourth-order valence-corrected chi connectivity index (χ4v) is 1.45. The maximum Gasteiger partial charge on any atom is 0.337 e. The molecule has 0 aliphatic rings. The molecule has 1 aromatic rings. The summed E-state index contributed by atoms with van der Waals surface area (Å²) in [5.74, 6) is -2.12. The van der Waals surface area contributed by atoms with Gasteiger partial charge in [0.25, 0.3) is 0 Å². The van der Waals surface area contributed by atoms with Gasteiger partial charge in [0.2, 0.25) is 0 Å². The molecular formula is C13H17FN2O4. The largest absolute Gasteiger partial charge is 0.478 e. The minimum Gasteiger partial charge on any atom is -0.478 e. The quantitative estimate of drug-likeness (QED) is 0.698. The number of rotatable bonds is 6. The number of benzene rings is 1. The van der Waals surface area contributed by atoms with E-state index in [0.717, 1.165) is 6.07 Å². The first-order valence-corrected chi connectivity index (χ1v) is 6.10. The molecule has 0 heterocycles. The van der Waals surface area contributed by atoms with Gasteiger partial charge < -0.3 is 20.5 Å². The van der Waals surface area contributed by atoms with Gasteiger partial charge in [-0.05, 0) is 26.0 Å². The molecule has 0 atom stereocenters. The van der Waals surface area contributed by atoms with E-state index in [0.29, 0.717) is 6.61 Å². The standard InChI is InChI=1S/C13H17FN2O4/c1-8(2)20-7-6-15-13(19)16-11-9(12(17)18)4-3-5-10(11)14/h3-5,8H,6-7H2,1-2H3,(H,17,18)(H2,15,16,19). The zero-order valence-electron chi connectivity index (χ0n) is 11.3. The van der Waals surface area contributed by atoms with Crippen molar-refractivity contribution in [2.75, 3.05) is 18.5 Å². The molecule has 0 spiro atoms. The summed E-state index contributed by atoms with van der Waals surface area (Å²) in [5, 5.41) is 13.6. The normalized spacial score (nSPS) is 10.4. The van der Waals surface area contributed by atoms with Crippen LogP contribution in [0.2, 0.25) is 0 Å². The molecule has 0 saturated heterocycles. The van der Waals surface area contributed by atoms with E-state index in [1.165, 1.54) is 12.1 Å². The molecule has 0 saturated carbocycles. The van der Waals surface area contributed by atoms with Gasteiger partial charge in [0.15, 0.2) is 0 Å². The summed E-state index contributed by atoms with van der Waals surface area (Å²) >= 11 is 0. The molecule has 0 aliphatic heterocycles. The topological polar surface area (TPSA) is 87.7 Å². The summed E-state index contributed by atoms with van der Waals surface area (Å²) in [6, 6.07) is 2.86. The summed E-state index contributed by atoms with van der Waals surface area (Å²) in [5.41, 5.74) is -0.666. The monoisotopic (exact) mass is 284 g/mol. The second kappa shape index (κ2) is 7.44. The smallest absolute Gasteiger partial charge is 0.337 e. The second-order valence-corrected chi connectivity index (χ2v) is 4.27. The van der Waals surface area contributed by atoms with Gasteiger partial charge in [0.1, 0.15) is 5.82 Å². The molecule has 0 bridgehead atoms. The van der Waals surface area contributed by atoms with Gasteiger partial charge in [-0.3, -0.25) is 0 Å². The van der Waals surface area contributed by atoms with E-state index in [1.54, 1.807) is 0 Å². The molecule has 0 fully saturated rings. The molecule has 0 radical (unpaired) electrons. The molecule has 1 rings (SSSR count). The summed E-state index contributed by atoms with van der Waals surface area (Å²) in [4.78, 5) is 22.5. The number of para-hydroxylation sites is 1. The van der Waals surface area contributed by atoms with Crippen molar-refractivity contribution in [1.29, 1.82) is 0 Å². The molecular weight excluding hydrogens is 267 g/mol. The van der Waals surface area contributed by atoms with Crippen molar-refractivity contribution >= 4 is 17.7 Å². The lowest BCUT2D eigenvalue weighted by Crippen LogP contribution is -2.32. The number of carboxylic acids is 1. The summed E-state index contributed by atoms with van der Waals surface area (Å²) in [6.07, 6.45) is 0.0463. The minimum absolute atomic E-state index is 0.0463. The fraction of sp³-hybridized carbons (Fsp3) is 0.385. The Balaban J connectivity index is 2.60. The molecule has 7 heteroatoms. The first-order chi connectivity index (χ1) is 9.41. The molecule has 20 heavy (non-hydrogen) atoms. The predicted molar refractivity (Wildman–Crippen MR) is 71.5 cm³/mol. The van der Waals surface area contributed by atoms with Crippen LogP contribution in [0.3, 0.4) is 0 Å². The number of anilines is 1. The third-order valence-corrected chi connectivity index (χ3v) is 2.32. The summed E-state index contributed by atoms with van der Waals surface area (Å²) < 4.78 is 18.8. The number of hydrogen-bond acceptors (Lipinski definition) is 3. The Hall–Kier alpha value is -2.15. The highest BCUT2D eigenvalue weighted by molar-refractivity contribution is 6.00. The van der Waals surface area contributed by atoms with Crippen LogP contribution in [0.15, 0.2) is 18.2 Å². The van der Waals surface area contributed by atoms with Crippen LogP contribution in [0.4, 0.5) is 14.9 Å². The van der Waals surface area contributed by atoms with Crippen LogP contribution < -0.4 is 10.6 Å². The van der Waals surface area contributed by atoms with Crippen molar-refractivity contribution < 1.29 is 23.8 Å². The highest BCUT2D eigenvalue weighted by Gasteiger charge is 2.16. The number of carboxylic acid groups (broad SMARTS) is 1. The number of urea groups is 1. The van der Waals surface area contributed by atoms with Crippen molar-refractivity contribution in [3.05, 3.63) is 29.6 Å². The van der Waals surface area contributed by atoms with Gasteiger partial charge in [0.05, 0.1) is 24.0 Å². The first kappa shape index (κ1) is 15.9. The summed E-state index contributed by atoms with van der Waals surface area (Å²) in [6.45, 7) is 4.27. The van der Waals surface area contributed by atoms with Crippen molar-refractivity contribution in [1.82, 2.24) is 5.32 Å². The van der Waals surface area contributed by atoms with Crippen LogP contribution in [0.5, 0.6) is 0 Å². The first-order valence-electron chi connectivity index (χ1n) is 6.10. The van der Waals surface area contributed by atoms with Crippen LogP contribution in [0, 0.1) is 5.82 Å². The van der Waals surface area contributed by atoms with E-state index in [1.807, 2.05) is 13.8 Å². The maximum absolute atomic E-state index is 13.5. The van der Waals surface area contributed by atoms with Crippen LogP contribution in [-0.4, -0.2) is 36.4 Å². The van der Waals surface area contributed by atoms with E-state index < -0.39 is 17.8 Å². The van der Waals surface area contributed by atoms with Gasteiger partial charge in [-0.15, -0.1) is 0 Å². The number of ether oxygens (including phenoxy) is 1. The zero-order valence-corrected chi connectivity index (χ0v) is 11.3. The molecule has 0 aromatic heterocycles. The lowest BCUT2D eigenvalue weighted by Gasteiger charge is -2.11. The van der Waals surface area contributed by atoms with Crippen LogP contribution >= 0.6 is 0 Å². The van der Waals surface area contributed by atoms with Gasteiger partial charge in [-0.25, -0.2) is 14.0 Å². The molecule has 6 nitrogen and oxygen atoms in total. The Morgan fingerprint density at radius 2 is 2.10 bits per heavy atom. The van der Waals surface area contributed by atoms with Gasteiger partial charge in [-0.2, -0.15) is 0 Å². The van der Waals surface area contributed by atoms with E-state index >= 15 is 0 Å². The molecule has 1 aromatic carbocycles. The van der Waals surface area contributed by atoms with E-state index in [4.69, 9.17) is 9.84 Å². The third-order valence-electron chi connectivity index (χ3n) is 2.32. The third kappa shape index (κ3) is 4.85. The second-order valence-electron chi connectivity index (χ2n) is 4.27.